The van der Waals surface area contributed by atoms with Crippen molar-refractivity contribution in [3.63, 3.8) is 0 Å². The van der Waals surface area contributed by atoms with E-state index in [1.165, 1.54) is 12.1 Å². The number of hydrogen-bond acceptors (Lipinski definition) is 1. The zero-order valence-electron chi connectivity index (χ0n) is 13.4. The van der Waals surface area contributed by atoms with E-state index in [4.69, 9.17) is 17.3 Å². The lowest BCUT2D eigenvalue weighted by molar-refractivity contribution is 0.100. The van der Waals surface area contributed by atoms with Gasteiger partial charge in [0, 0.05) is 28.0 Å². The Bertz CT molecular complexity index is 1180. The number of benzene rings is 3. The predicted molar refractivity (Wildman–Crippen MR) is 97.3 cm³/mol. The van der Waals surface area contributed by atoms with Crippen molar-refractivity contribution in [3.8, 4) is 0 Å². The fourth-order valence-electron chi connectivity index (χ4n) is 3.26. The first-order valence-electron chi connectivity index (χ1n) is 7.82. The summed E-state index contributed by atoms with van der Waals surface area (Å²) in [6.45, 7) is 0.117. The third-order valence-corrected chi connectivity index (χ3v) is 4.69. The van der Waals surface area contributed by atoms with Crippen molar-refractivity contribution in [3.05, 3.63) is 82.4 Å². The van der Waals surface area contributed by atoms with E-state index in [0.29, 0.717) is 38.0 Å². The van der Waals surface area contributed by atoms with Crippen molar-refractivity contribution >= 4 is 39.3 Å². The van der Waals surface area contributed by atoms with E-state index in [2.05, 4.69) is 6.07 Å². The van der Waals surface area contributed by atoms with Gasteiger partial charge >= 0.3 is 0 Å². The Hall–Kier alpha value is -2.92. The van der Waals surface area contributed by atoms with Crippen molar-refractivity contribution in [2.45, 2.75) is 6.54 Å². The van der Waals surface area contributed by atoms with Crippen molar-refractivity contribution in [2.75, 3.05) is 0 Å². The molecule has 3 nitrogen and oxygen atoms in total. The number of primary amides is 1. The molecular weight excluding hydrogens is 358 g/mol. The van der Waals surface area contributed by atoms with Gasteiger partial charge in [-0.3, -0.25) is 4.79 Å². The molecule has 1 heterocycles. The van der Waals surface area contributed by atoms with E-state index in [1.54, 1.807) is 34.9 Å². The molecule has 0 saturated heterocycles. The highest BCUT2D eigenvalue weighted by molar-refractivity contribution is 6.36. The van der Waals surface area contributed by atoms with E-state index in [-0.39, 0.29) is 6.54 Å². The molecule has 4 rings (SSSR count). The maximum absolute atomic E-state index is 14.2. The number of carbonyl (C=O) groups is 1. The lowest BCUT2D eigenvalue weighted by atomic mass is 10.1. The topological polar surface area (TPSA) is 48.0 Å². The second-order valence-electron chi connectivity index (χ2n) is 5.94. The monoisotopic (exact) mass is 369 g/mol. The van der Waals surface area contributed by atoms with Crippen LogP contribution in [0.5, 0.6) is 0 Å². The summed E-state index contributed by atoms with van der Waals surface area (Å²) in [5.41, 5.74) is 7.44. The van der Waals surface area contributed by atoms with Gasteiger partial charge in [-0.05, 0) is 30.3 Å². The van der Waals surface area contributed by atoms with Crippen molar-refractivity contribution < 1.29 is 13.6 Å². The molecule has 0 bridgehead atoms. The molecule has 3 aromatic carbocycles. The van der Waals surface area contributed by atoms with Gasteiger partial charge in [-0.2, -0.15) is 0 Å². The van der Waals surface area contributed by atoms with Crippen LogP contribution in [0.15, 0.2) is 48.5 Å². The third kappa shape index (κ3) is 2.52. The molecule has 0 unspecified atom stereocenters. The first kappa shape index (κ1) is 16.5. The number of fused-ring (bicyclic) bond motifs is 3. The van der Waals surface area contributed by atoms with E-state index >= 15 is 0 Å². The van der Waals surface area contributed by atoms with Gasteiger partial charge in [0.15, 0.2) is 0 Å². The van der Waals surface area contributed by atoms with Gasteiger partial charge in [0.2, 0.25) is 5.91 Å². The van der Waals surface area contributed by atoms with Gasteiger partial charge in [0.1, 0.15) is 11.6 Å². The number of nitrogens with two attached hydrogens (primary N) is 1. The molecule has 0 aliphatic rings. The molecule has 1 aromatic heterocycles. The molecule has 4 aromatic rings. The van der Waals surface area contributed by atoms with Gasteiger partial charge in [0.05, 0.1) is 22.6 Å². The fourth-order valence-corrected chi connectivity index (χ4v) is 3.52. The molecule has 0 aliphatic carbocycles. The summed E-state index contributed by atoms with van der Waals surface area (Å²) in [6.07, 6.45) is 0. The molecule has 0 spiro atoms. The van der Waals surface area contributed by atoms with Crippen molar-refractivity contribution in [1.29, 1.82) is 0 Å². The molecule has 0 aliphatic heterocycles. The zero-order chi connectivity index (χ0) is 18.4. The maximum Gasteiger partial charge on any atom is 0.249 e. The van der Waals surface area contributed by atoms with Crippen LogP contribution < -0.4 is 5.73 Å². The molecule has 1 amide bonds. The van der Waals surface area contributed by atoms with Crippen LogP contribution >= 0.6 is 11.6 Å². The van der Waals surface area contributed by atoms with Crippen LogP contribution in [-0.2, 0) is 6.54 Å². The SMILES string of the molecule is NC(=O)c1cccc2c1c1[c]ccc(Cl)c1n2Cc1ccc(F)cc1F. The smallest absolute Gasteiger partial charge is 0.249 e. The average molecular weight is 370 g/mol. The molecule has 26 heavy (non-hydrogen) atoms. The highest BCUT2D eigenvalue weighted by atomic mass is 35.5. The van der Waals surface area contributed by atoms with E-state index in [9.17, 15) is 13.6 Å². The van der Waals surface area contributed by atoms with Crippen LogP contribution in [-0.4, -0.2) is 10.5 Å². The number of halogens is 3. The minimum atomic E-state index is -0.651. The van der Waals surface area contributed by atoms with Gasteiger partial charge in [-0.1, -0.05) is 29.8 Å². The first-order valence-corrected chi connectivity index (χ1v) is 8.20. The van der Waals surface area contributed by atoms with Crippen molar-refractivity contribution in [1.82, 2.24) is 4.57 Å². The predicted octanol–water partition coefficient (Wildman–Crippen LogP) is 4.67. The summed E-state index contributed by atoms with van der Waals surface area (Å²) in [7, 11) is 0. The summed E-state index contributed by atoms with van der Waals surface area (Å²) < 4.78 is 29.2. The molecule has 6 heteroatoms. The minimum Gasteiger partial charge on any atom is -0.366 e. The average Bonchev–Trinajstić information content (AvgIpc) is 2.92. The van der Waals surface area contributed by atoms with Crippen LogP contribution in [0.4, 0.5) is 8.78 Å². The molecule has 0 saturated carbocycles. The Kier molecular flexibility index (Phi) is 3.89. The summed E-state index contributed by atoms with van der Waals surface area (Å²) >= 11 is 6.39. The first-order chi connectivity index (χ1) is 12.5. The molecule has 129 valence electrons. The van der Waals surface area contributed by atoms with E-state index < -0.39 is 17.5 Å². The highest BCUT2D eigenvalue weighted by Gasteiger charge is 2.19. The lowest BCUT2D eigenvalue weighted by Gasteiger charge is -2.10. The van der Waals surface area contributed by atoms with Crippen LogP contribution in [0.2, 0.25) is 5.02 Å². The van der Waals surface area contributed by atoms with Crippen LogP contribution in [0, 0.1) is 17.7 Å². The zero-order valence-corrected chi connectivity index (χ0v) is 14.1. The number of carbonyl (C=O) groups excluding carboxylic acids is 1. The standard InChI is InChI=1S/C20H12ClF2N2O/c21-15-5-1-3-13-18-14(20(24)26)4-2-6-17(18)25(19(13)15)10-11-7-8-12(22)9-16(11)23/h1-2,4-9H,10H2,(H2,24,26). The van der Waals surface area contributed by atoms with Crippen LogP contribution in [0.25, 0.3) is 21.8 Å². The largest absolute Gasteiger partial charge is 0.366 e. The summed E-state index contributed by atoms with van der Waals surface area (Å²) in [4.78, 5) is 11.9. The Morgan fingerprint density at radius 3 is 2.73 bits per heavy atom. The molecule has 1 radical (unpaired) electrons. The van der Waals surface area contributed by atoms with E-state index in [1.807, 2.05) is 0 Å². The van der Waals surface area contributed by atoms with Crippen LogP contribution in [0.1, 0.15) is 15.9 Å². The maximum atomic E-state index is 14.2. The van der Waals surface area contributed by atoms with Gasteiger partial charge in [-0.15, -0.1) is 0 Å². The Labute approximate surface area is 152 Å². The molecule has 0 fully saturated rings. The number of rotatable bonds is 3. The number of amides is 1. The van der Waals surface area contributed by atoms with Gasteiger partial charge < -0.3 is 10.3 Å². The molecule has 0 atom stereocenters. The number of hydrogen-bond donors (Lipinski definition) is 1. The second kappa shape index (κ2) is 6.11. The molecular formula is C20H12ClF2N2O. The second-order valence-corrected chi connectivity index (χ2v) is 6.34. The van der Waals surface area contributed by atoms with E-state index in [0.717, 1.165) is 6.07 Å². The van der Waals surface area contributed by atoms with Gasteiger partial charge in [0.25, 0.3) is 0 Å². The normalized spacial score (nSPS) is 11.3. The Morgan fingerprint density at radius 1 is 1.19 bits per heavy atom. The van der Waals surface area contributed by atoms with Gasteiger partial charge in [-0.25, -0.2) is 8.78 Å². The number of aromatic nitrogens is 1. The summed E-state index contributed by atoms with van der Waals surface area (Å²) in [6, 6.07) is 15.0. The Balaban J connectivity index is 2.07. The van der Waals surface area contributed by atoms with Crippen LogP contribution in [0.3, 0.4) is 0 Å². The highest BCUT2D eigenvalue weighted by Crippen LogP contribution is 2.35. The molecule has 2 N–H and O–H groups in total. The summed E-state index contributed by atoms with van der Waals surface area (Å²) in [5.74, 6) is -1.87. The third-order valence-electron chi connectivity index (χ3n) is 4.38. The Morgan fingerprint density at radius 2 is 2.00 bits per heavy atom. The quantitative estimate of drug-likeness (QED) is 0.560. The summed E-state index contributed by atoms with van der Waals surface area (Å²) in [5, 5.41) is 1.68. The minimum absolute atomic E-state index is 0.117. The fraction of sp³-hybridized carbons (Fsp3) is 0.0500. The lowest BCUT2D eigenvalue weighted by Crippen LogP contribution is -2.11. The van der Waals surface area contributed by atoms with Crippen molar-refractivity contribution in [2.24, 2.45) is 5.73 Å². The number of nitrogens with zero attached hydrogens (tertiary/aromatic N) is 1.